The molecule has 0 bridgehead atoms. The molecule has 0 atom stereocenters. The maximum Gasteiger partial charge on any atom is 0.256 e. The Hall–Kier alpha value is -1.35. The smallest absolute Gasteiger partial charge is 0.256 e. The number of hydrogen-bond donors (Lipinski definition) is 1. The molecule has 0 aromatic heterocycles. The molecule has 0 fully saturated rings. The number of carbonyl (C=O) groups is 1. The van der Waals surface area contributed by atoms with Crippen LogP contribution in [-0.4, -0.2) is 5.91 Å². The Balaban J connectivity index is 2.33. The van der Waals surface area contributed by atoms with Gasteiger partial charge in [-0.25, -0.2) is 0 Å². The number of nitrogens with zero attached hydrogens (tertiary/aromatic N) is 1. The van der Waals surface area contributed by atoms with Crippen LogP contribution in [0.1, 0.15) is 15.9 Å². The third-order valence-electron chi connectivity index (χ3n) is 2.52. The average molecular weight is 414 g/mol. The lowest BCUT2D eigenvalue weighted by atomic mass is 10.1. The van der Waals surface area contributed by atoms with Gasteiger partial charge in [-0.1, -0.05) is 27.5 Å². The molecule has 0 saturated heterocycles. The fourth-order valence-electron chi connectivity index (χ4n) is 1.58. The Labute approximate surface area is 137 Å². The molecule has 0 aliphatic carbocycles. The Bertz CT molecular complexity index is 726. The molecule has 20 heavy (non-hydrogen) atoms. The number of halogens is 3. The predicted molar refractivity (Wildman–Crippen MR) is 86.0 cm³/mol. The van der Waals surface area contributed by atoms with Gasteiger partial charge >= 0.3 is 0 Å². The zero-order valence-electron chi connectivity index (χ0n) is 9.95. The van der Waals surface area contributed by atoms with Crippen molar-refractivity contribution in [2.24, 2.45) is 0 Å². The van der Waals surface area contributed by atoms with E-state index in [-0.39, 0.29) is 5.91 Å². The molecule has 0 radical (unpaired) electrons. The summed E-state index contributed by atoms with van der Waals surface area (Å²) in [7, 11) is 0. The van der Waals surface area contributed by atoms with Crippen LogP contribution < -0.4 is 5.32 Å². The maximum absolute atomic E-state index is 12.2. The molecule has 0 saturated carbocycles. The van der Waals surface area contributed by atoms with Crippen LogP contribution in [0.15, 0.2) is 45.3 Å². The van der Waals surface area contributed by atoms with Crippen LogP contribution in [0.25, 0.3) is 0 Å². The highest BCUT2D eigenvalue weighted by Crippen LogP contribution is 2.24. The summed E-state index contributed by atoms with van der Waals surface area (Å²) in [6.45, 7) is 0. The SMILES string of the molecule is N#Cc1cc(Br)ccc1NC(=O)c1cc(Cl)ccc1Br. The predicted octanol–water partition coefficient (Wildman–Crippen LogP) is 4.99. The minimum atomic E-state index is -0.335. The van der Waals surface area contributed by atoms with E-state index in [0.717, 1.165) is 4.47 Å². The van der Waals surface area contributed by atoms with Crippen molar-refractivity contribution in [1.82, 2.24) is 0 Å². The molecule has 0 aliphatic rings. The first-order valence-corrected chi connectivity index (χ1v) is 7.43. The number of carbonyl (C=O) groups excluding carboxylic acids is 1. The molecule has 1 N–H and O–H groups in total. The van der Waals surface area contributed by atoms with Gasteiger partial charge in [-0.15, -0.1) is 0 Å². The van der Waals surface area contributed by atoms with Gasteiger partial charge in [-0.3, -0.25) is 4.79 Å². The maximum atomic E-state index is 12.2. The number of rotatable bonds is 2. The molecule has 2 rings (SSSR count). The quantitative estimate of drug-likeness (QED) is 0.753. The summed E-state index contributed by atoms with van der Waals surface area (Å²) >= 11 is 12.5. The van der Waals surface area contributed by atoms with Gasteiger partial charge in [-0.05, 0) is 52.3 Å². The summed E-state index contributed by atoms with van der Waals surface area (Å²) < 4.78 is 1.41. The lowest BCUT2D eigenvalue weighted by molar-refractivity contribution is 0.102. The Morgan fingerprint density at radius 2 is 1.95 bits per heavy atom. The monoisotopic (exact) mass is 412 g/mol. The van der Waals surface area contributed by atoms with Gasteiger partial charge in [0.05, 0.1) is 16.8 Å². The first-order chi connectivity index (χ1) is 9.51. The van der Waals surface area contributed by atoms with E-state index in [0.29, 0.717) is 26.3 Å². The second kappa shape index (κ2) is 6.40. The van der Waals surface area contributed by atoms with Gasteiger partial charge in [0, 0.05) is 14.0 Å². The molecule has 0 aliphatic heterocycles. The van der Waals surface area contributed by atoms with Crippen LogP contribution in [-0.2, 0) is 0 Å². The normalized spacial score (nSPS) is 9.90. The number of anilines is 1. The second-order valence-corrected chi connectivity index (χ2v) is 6.09. The summed E-state index contributed by atoms with van der Waals surface area (Å²) in [4.78, 5) is 12.2. The van der Waals surface area contributed by atoms with Crippen molar-refractivity contribution in [3.05, 3.63) is 61.5 Å². The average Bonchev–Trinajstić information content (AvgIpc) is 2.43. The number of nitrogens with one attached hydrogen (secondary N) is 1. The van der Waals surface area contributed by atoms with Gasteiger partial charge in [0.1, 0.15) is 6.07 Å². The summed E-state index contributed by atoms with van der Waals surface area (Å²) in [5.74, 6) is -0.335. The summed E-state index contributed by atoms with van der Waals surface area (Å²) in [6, 6.07) is 12.0. The molecule has 6 heteroatoms. The standard InChI is InChI=1S/C14H7Br2ClN2O/c15-9-1-4-13(8(5-9)7-18)19-14(20)11-6-10(17)2-3-12(11)16/h1-6H,(H,19,20). The molecular formula is C14H7Br2ClN2O. The van der Waals surface area contributed by atoms with Crippen molar-refractivity contribution in [2.75, 3.05) is 5.32 Å². The number of hydrogen-bond acceptors (Lipinski definition) is 2. The third kappa shape index (κ3) is 3.40. The van der Waals surface area contributed by atoms with Gasteiger partial charge in [0.25, 0.3) is 5.91 Å². The highest BCUT2D eigenvalue weighted by atomic mass is 79.9. The van der Waals surface area contributed by atoms with E-state index in [1.807, 2.05) is 6.07 Å². The van der Waals surface area contributed by atoms with Crippen LogP contribution in [0.2, 0.25) is 5.02 Å². The fourth-order valence-corrected chi connectivity index (χ4v) is 2.54. The van der Waals surface area contributed by atoms with Crippen LogP contribution >= 0.6 is 43.5 Å². The molecule has 0 spiro atoms. The lowest BCUT2D eigenvalue weighted by Crippen LogP contribution is -2.13. The molecular weight excluding hydrogens is 407 g/mol. The lowest BCUT2D eigenvalue weighted by Gasteiger charge is -2.09. The molecule has 3 nitrogen and oxygen atoms in total. The van der Waals surface area contributed by atoms with Crippen LogP contribution in [0, 0.1) is 11.3 Å². The molecule has 0 heterocycles. The van der Waals surface area contributed by atoms with Crippen molar-refractivity contribution in [3.63, 3.8) is 0 Å². The Morgan fingerprint density at radius 1 is 1.20 bits per heavy atom. The van der Waals surface area contributed by atoms with Crippen molar-refractivity contribution in [2.45, 2.75) is 0 Å². The van der Waals surface area contributed by atoms with E-state index in [2.05, 4.69) is 37.2 Å². The first-order valence-electron chi connectivity index (χ1n) is 5.47. The van der Waals surface area contributed by atoms with E-state index >= 15 is 0 Å². The van der Waals surface area contributed by atoms with Gasteiger partial charge < -0.3 is 5.32 Å². The Kier molecular flexibility index (Phi) is 4.81. The molecule has 1 amide bonds. The van der Waals surface area contributed by atoms with E-state index in [1.54, 1.807) is 36.4 Å². The number of benzene rings is 2. The molecule has 100 valence electrons. The van der Waals surface area contributed by atoms with Crippen LogP contribution in [0.4, 0.5) is 5.69 Å². The fraction of sp³-hybridized carbons (Fsp3) is 0. The topological polar surface area (TPSA) is 52.9 Å². The second-order valence-electron chi connectivity index (χ2n) is 3.88. The minimum Gasteiger partial charge on any atom is -0.321 e. The first kappa shape index (κ1) is 15.0. The van der Waals surface area contributed by atoms with E-state index in [4.69, 9.17) is 16.9 Å². The van der Waals surface area contributed by atoms with Crippen molar-refractivity contribution >= 4 is 55.1 Å². The van der Waals surface area contributed by atoms with Gasteiger partial charge in [-0.2, -0.15) is 5.26 Å². The molecule has 2 aromatic carbocycles. The zero-order valence-corrected chi connectivity index (χ0v) is 13.9. The van der Waals surface area contributed by atoms with Crippen LogP contribution in [0.3, 0.4) is 0 Å². The highest BCUT2D eigenvalue weighted by Gasteiger charge is 2.13. The minimum absolute atomic E-state index is 0.335. The molecule has 2 aromatic rings. The van der Waals surface area contributed by atoms with Gasteiger partial charge in [0.15, 0.2) is 0 Å². The summed E-state index contributed by atoms with van der Waals surface area (Å²) in [5.41, 5.74) is 1.24. The van der Waals surface area contributed by atoms with Crippen molar-refractivity contribution in [1.29, 1.82) is 5.26 Å². The summed E-state index contributed by atoms with van der Waals surface area (Å²) in [5, 5.41) is 12.2. The van der Waals surface area contributed by atoms with Crippen LogP contribution in [0.5, 0.6) is 0 Å². The summed E-state index contributed by atoms with van der Waals surface area (Å²) in [6.07, 6.45) is 0. The van der Waals surface area contributed by atoms with E-state index in [9.17, 15) is 4.79 Å². The van der Waals surface area contributed by atoms with Crippen molar-refractivity contribution < 1.29 is 4.79 Å². The van der Waals surface area contributed by atoms with E-state index < -0.39 is 0 Å². The number of nitriles is 1. The highest BCUT2D eigenvalue weighted by molar-refractivity contribution is 9.10. The van der Waals surface area contributed by atoms with Gasteiger partial charge in [0.2, 0.25) is 0 Å². The van der Waals surface area contributed by atoms with Crippen molar-refractivity contribution in [3.8, 4) is 6.07 Å². The largest absolute Gasteiger partial charge is 0.321 e. The molecule has 0 unspecified atom stereocenters. The third-order valence-corrected chi connectivity index (χ3v) is 3.94. The van der Waals surface area contributed by atoms with E-state index in [1.165, 1.54) is 0 Å². The number of amides is 1. The Morgan fingerprint density at radius 3 is 2.65 bits per heavy atom. The zero-order chi connectivity index (χ0) is 14.7.